The summed E-state index contributed by atoms with van der Waals surface area (Å²) in [5.41, 5.74) is 6.90. The first-order valence-corrected chi connectivity index (χ1v) is 6.97. The molecule has 5 nitrogen and oxygen atoms in total. The van der Waals surface area contributed by atoms with Crippen LogP contribution in [-0.2, 0) is 11.2 Å². The Hall–Kier alpha value is -1.59. The van der Waals surface area contributed by atoms with Gasteiger partial charge in [0.25, 0.3) is 0 Å². The zero-order chi connectivity index (χ0) is 14.2. The van der Waals surface area contributed by atoms with Gasteiger partial charge in [-0.15, -0.1) is 12.4 Å². The third kappa shape index (κ3) is 3.19. The molecule has 2 aromatic rings. The van der Waals surface area contributed by atoms with Gasteiger partial charge in [0.2, 0.25) is 5.91 Å². The highest BCUT2D eigenvalue weighted by Crippen LogP contribution is 2.39. The van der Waals surface area contributed by atoms with E-state index in [2.05, 4.69) is 10.5 Å². The van der Waals surface area contributed by atoms with Crippen LogP contribution in [0.1, 0.15) is 25.5 Å². The number of aromatic nitrogens is 1. The molecule has 1 fully saturated rings. The second kappa shape index (κ2) is 6.03. The van der Waals surface area contributed by atoms with Crippen LogP contribution in [0.5, 0.6) is 0 Å². The number of benzene rings is 1. The van der Waals surface area contributed by atoms with Crippen molar-refractivity contribution in [3.63, 3.8) is 0 Å². The normalized spacial score (nSPS) is 17.0. The lowest BCUT2D eigenvalue weighted by atomic mass is 9.95. The summed E-state index contributed by atoms with van der Waals surface area (Å²) in [6.07, 6.45) is 2.50. The van der Waals surface area contributed by atoms with Crippen molar-refractivity contribution in [2.24, 2.45) is 11.7 Å². The number of carbonyl (C=O) groups excluding carboxylic acids is 1. The fraction of sp³-hybridized carbons (Fsp3) is 0.467. The summed E-state index contributed by atoms with van der Waals surface area (Å²) in [5.74, 6) is 0.453. The number of para-hydroxylation sites is 1. The molecular formula is C15H20ClN3O2. The van der Waals surface area contributed by atoms with E-state index in [9.17, 15) is 4.79 Å². The summed E-state index contributed by atoms with van der Waals surface area (Å²) in [5, 5.41) is 7.94. The number of halogens is 1. The second-order valence-corrected chi connectivity index (χ2v) is 5.75. The van der Waals surface area contributed by atoms with Crippen molar-refractivity contribution in [1.82, 2.24) is 10.5 Å². The number of nitrogens with one attached hydrogen (secondary N) is 1. The fourth-order valence-electron chi connectivity index (χ4n) is 2.62. The molecule has 1 saturated carbocycles. The van der Waals surface area contributed by atoms with Gasteiger partial charge < -0.3 is 15.6 Å². The lowest BCUT2D eigenvalue weighted by Gasteiger charge is -2.29. The molecule has 0 aliphatic heterocycles. The first-order valence-electron chi connectivity index (χ1n) is 6.97. The SMILES string of the molecule is CC(CN)(NC(=O)Cc1noc2ccccc12)C1CC1.Cl. The Kier molecular flexibility index (Phi) is 4.54. The smallest absolute Gasteiger partial charge is 0.226 e. The number of amides is 1. The summed E-state index contributed by atoms with van der Waals surface area (Å²) in [7, 11) is 0. The molecule has 3 N–H and O–H groups in total. The predicted molar refractivity (Wildman–Crippen MR) is 83.3 cm³/mol. The minimum absolute atomic E-state index is 0. The third-order valence-electron chi connectivity index (χ3n) is 4.11. The van der Waals surface area contributed by atoms with Gasteiger partial charge in [-0.2, -0.15) is 0 Å². The minimum atomic E-state index is -0.295. The van der Waals surface area contributed by atoms with E-state index in [0.29, 0.717) is 23.7 Å². The van der Waals surface area contributed by atoms with E-state index >= 15 is 0 Å². The maximum Gasteiger partial charge on any atom is 0.226 e. The highest BCUT2D eigenvalue weighted by molar-refractivity contribution is 5.86. The molecule has 1 amide bonds. The molecule has 1 atom stereocenters. The van der Waals surface area contributed by atoms with Gasteiger partial charge >= 0.3 is 0 Å². The Labute approximate surface area is 129 Å². The zero-order valence-corrected chi connectivity index (χ0v) is 12.8. The average molecular weight is 310 g/mol. The summed E-state index contributed by atoms with van der Waals surface area (Å²) in [6, 6.07) is 7.56. The molecule has 114 valence electrons. The van der Waals surface area contributed by atoms with E-state index < -0.39 is 0 Å². The summed E-state index contributed by atoms with van der Waals surface area (Å²) in [4.78, 5) is 12.2. The number of fused-ring (bicyclic) bond motifs is 1. The molecule has 3 rings (SSSR count). The standard InChI is InChI=1S/C15H19N3O2.ClH/c1-15(9-16,10-6-7-10)17-14(19)8-12-11-4-2-3-5-13(11)20-18-12;/h2-5,10H,6-9,16H2,1H3,(H,17,19);1H. The Morgan fingerprint density at radius 1 is 1.48 bits per heavy atom. The topological polar surface area (TPSA) is 81.1 Å². The molecule has 1 aromatic carbocycles. The van der Waals surface area contributed by atoms with E-state index in [-0.39, 0.29) is 30.3 Å². The van der Waals surface area contributed by atoms with Crippen LogP contribution in [0, 0.1) is 5.92 Å². The predicted octanol–water partition coefficient (Wildman–Crippen LogP) is 2.04. The van der Waals surface area contributed by atoms with Crippen molar-refractivity contribution in [3.8, 4) is 0 Å². The third-order valence-corrected chi connectivity index (χ3v) is 4.11. The monoisotopic (exact) mass is 309 g/mol. The molecule has 1 unspecified atom stereocenters. The molecular weight excluding hydrogens is 290 g/mol. The average Bonchev–Trinajstić information content (AvgIpc) is 3.23. The number of hydrogen-bond donors (Lipinski definition) is 2. The van der Waals surface area contributed by atoms with Gasteiger partial charge in [-0.1, -0.05) is 17.3 Å². The van der Waals surface area contributed by atoms with Crippen LogP contribution in [-0.4, -0.2) is 23.1 Å². The van der Waals surface area contributed by atoms with Crippen LogP contribution < -0.4 is 11.1 Å². The van der Waals surface area contributed by atoms with Gasteiger partial charge in [-0.3, -0.25) is 4.79 Å². The number of nitrogens with two attached hydrogens (primary N) is 1. The maximum atomic E-state index is 12.2. The lowest BCUT2D eigenvalue weighted by molar-refractivity contribution is -0.122. The van der Waals surface area contributed by atoms with Crippen LogP contribution in [0.25, 0.3) is 11.0 Å². The first-order chi connectivity index (χ1) is 9.62. The number of rotatable bonds is 5. The quantitative estimate of drug-likeness (QED) is 0.885. The van der Waals surface area contributed by atoms with Crippen LogP contribution in [0.15, 0.2) is 28.8 Å². The summed E-state index contributed by atoms with van der Waals surface area (Å²) >= 11 is 0. The Bertz CT molecular complexity index is 639. The maximum absolute atomic E-state index is 12.2. The second-order valence-electron chi connectivity index (χ2n) is 5.75. The highest BCUT2D eigenvalue weighted by atomic mass is 35.5. The first kappa shape index (κ1) is 15.8. The molecule has 0 saturated heterocycles. The van der Waals surface area contributed by atoms with Gasteiger partial charge in [0, 0.05) is 11.9 Å². The van der Waals surface area contributed by atoms with Crippen molar-refractivity contribution < 1.29 is 9.32 Å². The van der Waals surface area contributed by atoms with Gasteiger partial charge in [0.05, 0.1) is 12.0 Å². The Morgan fingerprint density at radius 2 is 2.19 bits per heavy atom. The molecule has 0 spiro atoms. The Balaban J connectivity index is 0.00000161. The van der Waals surface area contributed by atoms with Gasteiger partial charge in [0.1, 0.15) is 5.69 Å². The molecule has 1 heterocycles. The van der Waals surface area contributed by atoms with Crippen molar-refractivity contribution in [2.45, 2.75) is 31.7 Å². The van der Waals surface area contributed by atoms with Crippen molar-refractivity contribution in [2.75, 3.05) is 6.54 Å². The number of nitrogens with zero attached hydrogens (tertiary/aromatic N) is 1. The fourth-order valence-corrected chi connectivity index (χ4v) is 2.62. The van der Waals surface area contributed by atoms with Crippen LogP contribution >= 0.6 is 12.4 Å². The lowest BCUT2D eigenvalue weighted by Crippen LogP contribution is -2.53. The van der Waals surface area contributed by atoms with Crippen molar-refractivity contribution in [3.05, 3.63) is 30.0 Å². The largest absolute Gasteiger partial charge is 0.356 e. The molecule has 1 aliphatic rings. The van der Waals surface area contributed by atoms with E-state index in [1.54, 1.807) is 0 Å². The van der Waals surface area contributed by atoms with E-state index in [1.807, 2.05) is 31.2 Å². The summed E-state index contributed by atoms with van der Waals surface area (Å²) < 4.78 is 5.21. The van der Waals surface area contributed by atoms with E-state index in [1.165, 1.54) is 0 Å². The number of hydrogen-bond acceptors (Lipinski definition) is 4. The molecule has 21 heavy (non-hydrogen) atoms. The summed E-state index contributed by atoms with van der Waals surface area (Å²) in [6.45, 7) is 2.48. The zero-order valence-electron chi connectivity index (χ0n) is 12.0. The van der Waals surface area contributed by atoms with Crippen LogP contribution in [0.3, 0.4) is 0 Å². The van der Waals surface area contributed by atoms with Gasteiger partial charge in [-0.25, -0.2) is 0 Å². The van der Waals surface area contributed by atoms with Gasteiger partial charge in [0.15, 0.2) is 5.58 Å². The van der Waals surface area contributed by atoms with Gasteiger partial charge in [-0.05, 0) is 37.8 Å². The molecule has 1 aromatic heterocycles. The Morgan fingerprint density at radius 3 is 2.86 bits per heavy atom. The van der Waals surface area contributed by atoms with Crippen molar-refractivity contribution in [1.29, 1.82) is 0 Å². The van der Waals surface area contributed by atoms with Crippen LogP contribution in [0.4, 0.5) is 0 Å². The molecule has 1 aliphatic carbocycles. The minimum Gasteiger partial charge on any atom is -0.356 e. The van der Waals surface area contributed by atoms with Crippen LogP contribution in [0.2, 0.25) is 0 Å². The highest BCUT2D eigenvalue weighted by Gasteiger charge is 2.41. The molecule has 0 bridgehead atoms. The van der Waals surface area contributed by atoms with E-state index in [4.69, 9.17) is 10.3 Å². The molecule has 6 heteroatoms. The van der Waals surface area contributed by atoms with E-state index in [0.717, 1.165) is 18.2 Å². The van der Waals surface area contributed by atoms with Crippen molar-refractivity contribution >= 4 is 29.3 Å². The number of carbonyl (C=O) groups is 1. The molecule has 0 radical (unpaired) electrons.